The van der Waals surface area contributed by atoms with Gasteiger partial charge in [-0.3, -0.25) is 10.00 Å². The largest absolute Gasteiger partial charge is 0.388 e. The summed E-state index contributed by atoms with van der Waals surface area (Å²) in [6.45, 7) is 3.10. The molecule has 2 aromatic rings. The number of aliphatic hydroxyl groups is 1. The van der Waals surface area contributed by atoms with Crippen molar-refractivity contribution in [2.45, 2.75) is 25.1 Å². The second-order valence-corrected chi connectivity index (χ2v) is 5.44. The molecule has 0 aliphatic carbocycles. The Bertz CT molecular complexity index is 530. The van der Waals surface area contributed by atoms with Crippen LogP contribution >= 0.6 is 0 Å². The number of benzene rings is 1. The van der Waals surface area contributed by atoms with E-state index in [9.17, 15) is 5.11 Å². The number of nitrogens with one attached hydrogen (secondary N) is 1. The molecule has 21 heavy (non-hydrogen) atoms. The summed E-state index contributed by atoms with van der Waals surface area (Å²) in [6, 6.07) is 12.0. The Kier molecular flexibility index (Phi) is 4.65. The zero-order chi connectivity index (χ0) is 14.5. The van der Waals surface area contributed by atoms with E-state index in [4.69, 9.17) is 4.74 Å². The topological polar surface area (TPSA) is 61.4 Å². The number of morpholine rings is 1. The number of H-pyrrole nitrogens is 1. The van der Waals surface area contributed by atoms with Gasteiger partial charge in [0.05, 0.1) is 19.3 Å². The van der Waals surface area contributed by atoms with Gasteiger partial charge < -0.3 is 9.84 Å². The first-order chi connectivity index (χ1) is 10.3. The highest BCUT2D eigenvalue weighted by Crippen LogP contribution is 2.23. The molecule has 1 aromatic heterocycles. The van der Waals surface area contributed by atoms with Gasteiger partial charge in [-0.15, -0.1) is 0 Å². The first kappa shape index (κ1) is 14.3. The lowest BCUT2D eigenvalue weighted by atomic mass is 10.0. The molecule has 1 fully saturated rings. The van der Waals surface area contributed by atoms with Crippen molar-refractivity contribution >= 4 is 0 Å². The van der Waals surface area contributed by atoms with Crippen LogP contribution in [0.5, 0.6) is 0 Å². The average Bonchev–Trinajstić information content (AvgIpc) is 3.03. The molecule has 5 nitrogen and oxygen atoms in total. The fraction of sp³-hybridized carbons (Fsp3) is 0.438. The number of aromatic amines is 1. The molecule has 1 aliphatic rings. The Morgan fingerprint density at radius 2 is 2.19 bits per heavy atom. The van der Waals surface area contributed by atoms with Gasteiger partial charge in [-0.25, -0.2) is 0 Å². The number of aliphatic hydroxyl groups excluding tert-OH is 1. The Hall–Kier alpha value is -1.69. The molecule has 5 heteroatoms. The zero-order valence-electron chi connectivity index (χ0n) is 12.0. The first-order valence-corrected chi connectivity index (χ1v) is 7.36. The molecule has 0 bridgehead atoms. The molecule has 2 heterocycles. The van der Waals surface area contributed by atoms with Gasteiger partial charge in [0.15, 0.2) is 0 Å². The van der Waals surface area contributed by atoms with E-state index in [-0.39, 0.29) is 6.04 Å². The minimum Gasteiger partial charge on any atom is -0.388 e. The Labute approximate surface area is 124 Å². The Balaban J connectivity index is 1.64. The highest BCUT2D eigenvalue weighted by molar-refractivity contribution is 5.17. The van der Waals surface area contributed by atoms with Crippen molar-refractivity contribution in [2.24, 2.45) is 0 Å². The predicted octanol–water partition coefficient (Wildman–Crippen LogP) is 1.73. The van der Waals surface area contributed by atoms with Gasteiger partial charge in [0.2, 0.25) is 0 Å². The third kappa shape index (κ3) is 3.69. The summed E-state index contributed by atoms with van der Waals surface area (Å²) in [4.78, 5) is 2.35. The van der Waals surface area contributed by atoms with E-state index in [1.165, 1.54) is 0 Å². The van der Waals surface area contributed by atoms with E-state index < -0.39 is 6.10 Å². The lowest BCUT2D eigenvalue weighted by molar-refractivity contribution is -0.0304. The lowest BCUT2D eigenvalue weighted by Gasteiger charge is -2.36. The smallest absolute Gasteiger partial charge is 0.0805 e. The van der Waals surface area contributed by atoms with Crippen LogP contribution in [0, 0.1) is 0 Å². The van der Waals surface area contributed by atoms with Crippen LogP contribution in [0.2, 0.25) is 0 Å². The molecule has 0 radical (unpaired) electrons. The molecule has 3 rings (SSSR count). The van der Waals surface area contributed by atoms with E-state index in [1.54, 1.807) is 6.20 Å². The first-order valence-electron chi connectivity index (χ1n) is 7.36. The van der Waals surface area contributed by atoms with Crippen molar-refractivity contribution in [1.29, 1.82) is 0 Å². The lowest BCUT2D eigenvalue weighted by Crippen LogP contribution is -2.45. The van der Waals surface area contributed by atoms with Crippen LogP contribution in [0.25, 0.3) is 0 Å². The molecule has 2 N–H and O–H groups in total. The Morgan fingerprint density at radius 3 is 2.95 bits per heavy atom. The van der Waals surface area contributed by atoms with Gasteiger partial charge in [0.25, 0.3) is 0 Å². The normalized spacial score (nSPS) is 21.3. The summed E-state index contributed by atoms with van der Waals surface area (Å²) in [5.41, 5.74) is 2.06. The quantitative estimate of drug-likeness (QED) is 0.879. The SMILES string of the molecule is OC(CC1COCCN1Cc1ccn[nH]1)c1ccccc1. The maximum Gasteiger partial charge on any atom is 0.0805 e. The minimum atomic E-state index is -0.456. The zero-order valence-corrected chi connectivity index (χ0v) is 12.0. The molecule has 1 aliphatic heterocycles. The second-order valence-electron chi connectivity index (χ2n) is 5.44. The molecule has 0 spiro atoms. The molecule has 2 atom stereocenters. The maximum absolute atomic E-state index is 10.4. The molecule has 0 saturated carbocycles. The van der Waals surface area contributed by atoms with E-state index in [1.807, 2.05) is 36.4 Å². The van der Waals surface area contributed by atoms with Gasteiger partial charge in [0, 0.05) is 31.0 Å². The van der Waals surface area contributed by atoms with Crippen molar-refractivity contribution in [1.82, 2.24) is 15.1 Å². The van der Waals surface area contributed by atoms with Crippen molar-refractivity contribution in [3.05, 3.63) is 53.9 Å². The molecule has 1 saturated heterocycles. The van der Waals surface area contributed by atoms with Gasteiger partial charge in [-0.05, 0) is 18.1 Å². The second kappa shape index (κ2) is 6.85. The van der Waals surface area contributed by atoms with Gasteiger partial charge in [-0.2, -0.15) is 5.10 Å². The standard InChI is InChI=1S/C16H21N3O2/c20-16(13-4-2-1-3-5-13)10-15-12-21-9-8-19(15)11-14-6-7-17-18-14/h1-7,15-16,20H,8-12H2,(H,17,18). The average molecular weight is 287 g/mol. The summed E-state index contributed by atoms with van der Waals surface area (Å²) in [7, 11) is 0. The van der Waals surface area contributed by atoms with Crippen LogP contribution in [0.15, 0.2) is 42.6 Å². The molecular weight excluding hydrogens is 266 g/mol. The molecule has 1 aromatic carbocycles. The number of ether oxygens (including phenoxy) is 1. The molecule has 112 valence electrons. The van der Waals surface area contributed by atoms with Crippen molar-refractivity contribution < 1.29 is 9.84 Å². The third-order valence-electron chi connectivity index (χ3n) is 3.96. The van der Waals surface area contributed by atoms with Gasteiger partial charge >= 0.3 is 0 Å². The summed E-state index contributed by atoms with van der Waals surface area (Å²) in [6.07, 6.45) is 1.99. The fourth-order valence-corrected chi connectivity index (χ4v) is 2.77. The number of aromatic nitrogens is 2. The summed E-state index contributed by atoms with van der Waals surface area (Å²) < 4.78 is 5.59. The van der Waals surface area contributed by atoms with E-state index in [0.717, 1.165) is 31.0 Å². The maximum atomic E-state index is 10.4. The van der Waals surface area contributed by atoms with Crippen molar-refractivity contribution in [3.8, 4) is 0 Å². The Morgan fingerprint density at radius 1 is 1.33 bits per heavy atom. The van der Waals surface area contributed by atoms with Gasteiger partial charge in [-0.1, -0.05) is 30.3 Å². The fourth-order valence-electron chi connectivity index (χ4n) is 2.77. The number of nitrogens with zero attached hydrogens (tertiary/aromatic N) is 2. The van der Waals surface area contributed by atoms with Crippen LogP contribution in [0.1, 0.15) is 23.8 Å². The molecular formula is C16H21N3O2. The minimum absolute atomic E-state index is 0.220. The van der Waals surface area contributed by atoms with Crippen LogP contribution in [0.4, 0.5) is 0 Å². The van der Waals surface area contributed by atoms with Crippen LogP contribution in [-0.4, -0.2) is 46.0 Å². The highest BCUT2D eigenvalue weighted by Gasteiger charge is 2.26. The number of hydrogen-bond acceptors (Lipinski definition) is 4. The highest BCUT2D eigenvalue weighted by atomic mass is 16.5. The number of rotatable bonds is 5. The van der Waals surface area contributed by atoms with E-state index >= 15 is 0 Å². The predicted molar refractivity (Wildman–Crippen MR) is 79.6 cm³/mol. The van der Waals surface area contributed by atoms with E-state index in [2.05, 4.69) is 15.1 Å². The molecule has 0 amide bonds. The third-order valence-corrected chi connectivity index (χ3v) is 3.96. The van der Waals surface area contributed by atoms with Crippen LogP contribution in [-0.2, 0) is 11.3 Å². The van der Waals surface area contributed by atoms with Crippen molar-refractivity contribution in [2.75, 3.05) is 19.8 Å². The van der Waals surface area contributed by atoms with Gasteiger partial charge in [0.1, 0.15) is 0 Å². The van der Waals surface area contributed by atoms with Crippen LogP contribution < -0.4 is 0 Å². The summed E-state index contributed by atoms with van der Waals surface area (Å²) >= 11 is 0. The van der Waals surface area contributed by atoms with Crippen LogP contribution in [0.3, 0.4) is 0 Å². The summed E-state index contributed by atoms with van der Waals surface area (Å²) in [5, 5.41) is 17.4. The van der Waals surface area contributed by atoms with Crippen molar-refractivity contribution in [3.63, 3.8) is 0 Å². The van der Waals surface area contributed by atoms with E-state index in [0.29, 0.717) is 13.0 Å². The monoisotopic (exact) mass is 287 g/mol. The molecule has 2 unspecified atom stereocenters. The number of hydrogen-bond donors (Lipinski definition) is 2. The summed E-state index contributed by atoms with van der Waals surface area (Å²) in [5.74, 6) is 0.